The van der Waals surface area contributed by atoms with E-state index in [1.54, 1.807) is 0 Å². The molecule has 1 aromatic carbocycles. The molecule has 88 valence electrons. The minimum atomic E-state index is 0.627. The number of rotatable bonds is 3. The van der Waals surface area contributed by atoms with E-state index >= 15 is 0 Å². The van der Waals surface area contributed by atoms with Crippen LogP contribution in [0.15, 0.2) is 30.3 Å². The van der Waals surface area contributed by atoms with Crippen LogP contribution in [-0.2, 0) is 0 Å². The normalized spacial score (nSPS) is 24.2. The summed E-state index contributed by atoms with van der Waals surface area (Å²) in [5.74, 6) is 0.627. The van der Waals surface area contributed by atoms with E-state index in [2.05, 4.69) is 54.4 Å². The van der Waals surface area contributed by atoms with Crippen LogP contribution in [0.4, 0.5) is 0 Å². The Hall–Kier alpha value is -0.860. The van der Waals surface area contributed by atoms with Gasteiger partial charge in [0.1, 0.15) is 0 Å². The Kier molecular flexibility index (Phi) is 3.97. The van der Waals surface area contributed by atoms with Crippen molar-refractivity contribution in [2.45, 2.75) is 25.8 Å². The van der Waals surface area contributed by atoms with Gasteiger partial charge in [-0.3, -0.25) is 4.90 Å². The van der Waals surface area contributed by atoms with Crippen LogP contribution in [0.2, 0.25) is 0 Å². The number of hydrogen-bond acceptors (Lipinski definition) is 2. The first-order valence-corrected chi connectivity index (χ1v) is 6.27. The van der Waals surface area contributed by atoms with Gasteiger partial charge in [0.05, 0.1) is 0 Å². The smallest absolute Gasteiger partial charge is 0.0193 e. The Morgan fingerprint density at radius 3 is 2.81 bits per heavy atom. The minimum Gasteiger partial charge on any atom is -0.314 e. The van der Waals surface area contributed by atoms with E-state index in [1.807, 2.05) is 0 Å². The third kappa shape index (κ3) is 2.83. The van der Waals surface area contributed by atoms with Gasteiger partial charge in [-0.2, -0.15) is 0 Å². The fourth-order valence-electron chi connectivity index (χ4n) is 2.39. The van der Waals surface area contributed by atoms with Crippen LogP contribution in [0.5, 0.6) is 0 Å². The van der Waals surface area contributed by atoms with Crippen molar-refractivity contribution in [1.82, 2.24) is 10.2 Å². The van der Waals surface area contributed by atoms with E-state index in [0.717, 1.165) is 13.1 Å². The fraction of sp³-hybridized carbons (Fsp3) is 0.571. The maximum absolute atomic E-state index is 3.44. The topological polar surface area (TPSA) is 15.3 Å². The van der Waals surface area contributed by atoms with Crippen LogP contribution < -0.4 is 5.32 Å². The first-order valence-electron chi connectivity index (χ1n) is 6.27. The predicted molar refractivity (Wildman–Crippen MR) is 68.8 cm³/mol. The van der Waals surface area contributed by atoms with E-state index in [4.69, 9.17) is 0 Å². The van der Waals surface area contributed by atoms with Crippen molar-refractivity contribution in [1.29, 1.82) is 0 Å². The highest BCUT2D eigenvalue weighted by molar-refractivity contribution is 5.19. The monoisotopic (exact) mass is 218 g/mol. The van der Waals surface area contributed by atoms with Gasteiger partial charge in [0, 0.05) is 32.2 Å². The van der Waals surface area contributed by atoms with Gasteiger partial charge in [-0.1, -0.05) is 37.3 Å². The molecule has 0 bridgehead atoms. The second-order valence-corrected chi connectivity index (χ2v) is 4.86. The summed E-state index contributed by atoms with van der Waals surface area (Å²) in [6.45, 7) is 9.24. The lowest BCUT2D eigenvalue weighted by Gasteiger charge is -2.35. The number of nitrogens with one attached hydrogen (secondary N) is 1. The predicted octanol–water partition coefficient (Wildman–Crippen LogP) is 2.08. The zero-order chi connectivity index (χ0) is 11.4. The number of nitrogens with zero attached hydrogens (tertiary/aromatic N) is 1. The molecule has 1 fully saturated rings. The Morgan fingerprint density at radius 2 is 2.12 bits per heavy atom. The highest BCUT2D eigenvalue weighted by Gasteiger charge is 2.19. The molecule has 1 aliphatic heterocycles. The zero-order valence-corrected chi connectivity index (χ0v) is 10.3. The first-order chi connectivity index (χ1) is 7.77. The van der Waals surface area contributed by atoms with Crippen LogP contribution in [0.3, 0.4) is 0 Å². The lowest BCUT2D eigenvalue weighted by molar-refractivity contribution is 0.166. The van der Waals surface area contributed by atoms with Crippen LogP contribution in [-0.4, -0.2) is 37.1 Å². The minimum absolute atomic E-state index is 0.627. The highest BCUT2D eigenvalue weighted by Crippen LogP contribution is 2.17. The van der Waals surface area contributed by atoms with Crippen molar-refractivity contribution in [3.05, 3.63) is 35.9 Å². The van der Waals surface area contributed by atoms with Gasteiger partial charge in [0.25, 0.3) is 0 Å². The number of piperazine rings is 1. The van der Waals surface area contributed by atoms with Gasteiger partial charge in [0.15, 0.2) is 0 Å². The molecule has 1 aliphatic rings. The van der Waals surface area contributed by atoms with Gasteiger partial charge in [-0.05, 0) is 18.4 Å². The number of hydrogen-bond donors (Lipinski definition) is 1. The van der Waals surface area contributed by atoms with Crippen molar-refractivity contribution < 1.29 is 0 Å². The van der Waals surface area contributed by atoms with Crippen LogP contribution in [0.25, 0.3) is 0 Å². The summed E-state index contributed by atoms with van der Waals surface area (Å²) < 4.78 is 0. The summed E-state index contributed by atoms with van der Waals surface area (Å²) in [6, 6.07) is 11.5. The molecule has 0 radical (unpaired) electrons. The lowest BCUT2D eigenvalue weighted by atomic mass is 10.00. The quantitative estimate of drug-likeness (QED) is 0.835. The van der Waals surface area contributed by atoms with Gasteiger partial charge < -0.3 is 5.32 Å². The average Bonchev–Trinajstić information content (AvgIpc) is 2.33. The molecule has 0 spiro atoms. The van der Waals surface area contributed by atoms with Crippen LogP contribution in [0.1, 0.15) is 25.3 Å². The highest BCUT2D eigenvalue weighted by atomic mass is 15.2. The van der Waals surface area contributed by atoms with Gasteiger partial charge in [-0.25, -0.2) is 0 Å². The molecule has 0 unspecified atom stereocenters. The van der Waals surface area contributed by atoms with Gasteiger partial charge in [0.2, 0.25) is 0 Å². The SMILES string of the molecule is C[C@H](CN1CCNC[C@H]1C)c1ccccc1. The summed E-state index contributed by atoms with van der Waals surface area (Å²) in [5, 5.41) is 3.44. The van der Waals surface area contributed by atoms with Gasteiger partial charge >= 0.3 is 0 Å². The Morgan fingerprint density at radius 1 is 1.38 bits per heavy atom. The van der Waals surface area contributed by atoms with Crippen molar-refractivity contribution in [2.24, 2.45) is 0 Å². The third-order valence-corrected chi connectivity index (χ3v) is 3.52. The lowest BCUT2D eigenvalue weighted by Crippen LogP contribution is -2.50. The Bertz CT molecular complexity index is 310. The largest absolute Gasteiger partial charge is 0.314 e. The van der Waals surface area contributed by atoms with E-state index in [0.29, 0.717) is 12.0 Å². The summed E-state index contributed by atoms with van der Waals surface area (Å²) in [5.41, 5.74) is 1.45. The zero-order valence-electron chi connectivity index (χ0n) is 10.3. The molecule has 2 heteroatoms. The standard InChI is InChI=1S/C14H22N2/c1-12(14-6-4-3-5-7-14)11-16-9-8-15-10-13(16)2/h3-7,12-13,15H,8-11H2,1-2H3/t12-,13-/m1/s1. The molecule has 2 rings (SSSR count). The second-order valence-electron chi connectivity index (χ2n) is 4.86. The fourth-order valence-corrected chi connectivity index (χ4v) is 2.39. The molecule has 0 amide bonds. The molecule has 2 atom stereocenters. The molecular formula is C14H22N2. The number of benzene rings is 1. The molecule has 0 aliphatic carbocycles. The Balaban J connectivity index is 1.94. The van der Waals surface area contributed by atoms with Crippen LogP contribution in [0, 0.1) is 0 Å². The molecular weight excluding hydrogens is 196 g/mol. The average molecular weight is 218 g/mol. The Labute approximate surface area is 98.7 Å². The molecule has 0 saturated carbocycles. The van der Waals surface area contributed by atoms with E-state index in [9.17, 15) is 0 Å². The molecule has 1 N–H and O–H groups in total. The first kappa shape index (κ1) is 11.6. The summed E-state index contributed by atoms with van der Waals surface area (Å²) in [7, 11) is 0. The maximum atomic E-state index is 3.44. The molecule has 2 nitrogen and oxygen atoms in total. The van der Waals surface area contributed by atoms with E-state index in [1.165, 1.54) is 18.7 Å². The third-order valence-electron chi connectivity index (χ3n) is 3.52. The summed E-state index contributed by atoms with van der Waals surface area (Å²) >= 11 is 0. The van der Waals surface area contributed by atoms with E-state index in [-0.39, 0.29) is 0 Å². The van der Waals surface area contributed by atoms with Crippen molar-refractivity contribution in [3.8, 4) is 0 Å². The second kappa shape index (κ2) is 5.46. The molecule has 16 heavy (non-hydrogen) atoms. The van der Waals surface area contributed by atoms with Crippen molar-refractivity contribution >= 4 is 0 Å². The summed E-state index contributed by atoms with van der Waals surface area (Å²) in [6.07, 6.45) is 0. The molecule has 1 aromatic rings. The summed E-state index contributed by atoms with van der Waals surface area (Å²) in [4.78, 5) is 2.59. The van der Waals surface area contributed by atoms with Crippen molar-refractivity contribution in [3.63, 3.8) is 0 Å². The van der Waals surface area contributed by atoms with Gasteiger partial charge in [-0.15, -0.1) is 0 Å². The molecule has 1 saturated heterocycles. The van der Waals surface area contributed by atoms with Crippen molar-refractivity contribution in [2.75, 3.05) is 26.2 Å². The van der Waals surface area contributed by atoms with Crippen LogP contribution >= 0.6 is 0 Å². The van der Waals surface area contributed by atoms with E-state index < -0.39 is 0 Å². The molecule has 1 heterocycles. The maximum Gasteiger partial charge on any atom is 0.0193 e. The molecule has 0 aromatic heterocycles.